The van der Waals surface area contributed by atoms with Crippen LogP contribution in [-0.4, -0.2) is 24.4 Å². The molecule has 28 heavy (non-hydrogen) atoms. The van der Waals surface area contributed by atoms with E-state index in [1.165, 1.54) is 24.8 Å². The molecule has 1 heterocycles. The minimum atomic E-state index is -0.161. The Morgan fingerprint density at radius 2 is 1.96 bits per heavy atom. The first-order chi connectivity index (χ1) is 13.1. The molecule has 3 unspecified atom stereocenters. The normalized spacial score (nSPS) is 30.8. The Balaban J connectivity index is 0.00000225. The van der Waals surface area contributed by atoms with Gasteiger partial charge in [0.05, 0.1) is 5.92 Å². The second-order valence-electron chi connectivity index (χ2n) is 8.59. The third kappa shape index (κ3) is 4.06. The van der Waals surface area contributed by atoms with Crippen molar-refractivity contribution in [2.24, 2.45) is 23.5 Å². The van der Waals surface area contributed by atoms with Gasteiger partial charge in [-0.1, -0.05) is 25.5 Å². The number of rotatable bonds is 5. The van der Waals surface area contributed by atoms with Crippen LogP contribution in [0.1, 0.15) is 62.5 Å². The standard InChI is InChI=1S/C22H31N3O2.ClH/c1-2-13-6-7-19-18(10-13)17(22(27)25-19)8-9-24-21(26)16-11-14-4-3-5-15(12-16)20(14)23;/h6-7,10,14-17,20H,2-5,8-9,11-12,23H2,1H3,(H,24,26)(H,25,27);1H. The molecule has 6 heteroatoms. The number of benzene rings is 1. The average Bonchev–Trinajstić information content (AvgIpc) is 2.96. The lowest BCUT2D eigenvalue weighted by Crippen LogP contribution is -2.49. The van der Waals surface area contributed by atoms with E-state index in [-0.39, 0.29) is 42.1 Å². The van der Waals surface area contributed by atoms with E-state index >= 15 is 0 Å². The molecule has 2 saturated carbocycles. The van der Waals surface area contributed by atoms with Gasteiger partial charge in [0.15, 0.2) is 0 Å². The lowest BCUT2D eigenvalue weighted by Gasteiger charge is -2.43. The number of carbonyl (C=O) groups is 2. The Morgan fingerprint density at radius 1 is 1.25 bits per heavy atom. The summed E-state index contributed by atoms with van der Waals surface area (Å²) in [4.78, 5) is 25.0. The SMILES string of the molecule is CCc1ccc2c(c1)C(CCNC(=O)C1CC3CCCC(C1)C3N)C(=O)N2.Cl. The molecular formula is C22H32ClN3O2. The van der Waals surface area contributed by atoms with Crippen molar-refractivity contribution in [2.75, 3.05) is 11.9 Å². The molecule has 2 aliphatic carbocycles. The molecule has 4 N–H and O–H groups in total. The fourth-order valence-corrected chi connectivity index (χ4v) is 5.37. The van der Waals surface area contributed by atoms with E-state index in [0.29, 0.717) is 24.8 Å². The summed E-state index contributed by atoms with van der Waals surface area (Å²) >= 11 is 0. The number of anilines is 1. The molecule has 2 amide bonds. The van der Waals surface area contributed by atoms with E-state index in [2.05, 4.69) is 29.7 Å². The van der Waals surface area contributed by atoms with Gasteiger partial charge in [0, 0.05) is 24.2 Å². The Kier molecular flexibility index (Phi) is 6.66. The number of carbonyl (C=O) groups excluding carboxylic acids is 2. The molecule has 1 aromatic carbocycles. The molecule has 1 aromatic rings. The van der Waals surface area contributed by atoms with Crippen molar-refractivity contribution < 1.29 is 9.59 Å². The van der Waals surface area contributed by atoms with Crippen LogP contribution in [0.5, 0.6) is 0 Å². The number of hydrogen-bond acceptors (Lipinski definition) is 3. The zero-order valence-electron chi connectivity index (χ0n) is 16.6. The highest BCUT2D eigenvalue weighted by atomic mass is 35.5. The van der Waals surface area contributed by atoms with Gasteiger partial charge in [0.25, 0.3) is 0 Å². The number of aryl methyl sites for hydroxylation is 1. The average molecular weight is 406 g/mol. The summed E-state index contributed by atoms with van der Waals surface area (Å²) in [6.07, 6.45) is 7.05. The van der Waals surface area contributed by atoms with Gasteiger partial charge >= 0.3 is 0 Å². The fraction of sp³-hybridized carbons (Fsp3) is 0.636. The first-order valence-electron chi connectivity index (χ1n) is 10.5. The lowest BCUT2D eigenvalue weighted by atomic mass is 9.65. The summed E-state index contributed by atoms with van der Waals surface area (Å²) in [6, 6.07) is 6.47. The molecule has 0 spiro atoms. The summed E-state index contributed by atoms with van der Waals surface area (Å²) in [5.74, 6) is 1.15. The lowest BCUT2D eigenvalue weighted by molar-refractivity contribution is -0.128. The summed E-state index contributed by atoms with van der Waals surface area (Å²) in [5, 5.41) is 6.07. The molecule has 5 nitrogen and oxygen atoms in total. The van der Waals surface area contributed by atoms with Crippen LogP contribution in [-0.2, 0) is 16.0 Å². The van der Waals surface area contributed by atoms with Crippen molar-refractivity contribution in [3.8, 4) is 0 Å². The number of halogens is 1. The third-order valence-corrected chi connectivity index (χ3v) is 6.99. The monoisotopic (exact) mass is 405 g/mol. The summed E-state index contributed by atoms with van der Waals surface area (Å²) < 4.78 is 0. The van der Waals surface area contributed by atoms with E-state index in [9.17, 15) is 9.59 Å². The van der Waals surface area contributed by atoms with Gasteiger partial charge in [-0.25, -0.2) is 0 Å². The topological polar surface area (TPSA) is 84.2 Å². The molecule has 0 saturated heterocycles. The van der Waals surface area contributed by atoms with Crippen LogP contribution < -0.4 is 16.4 Å². The Hall–Kier alpha value is -1.59. The van der Waals surface area contributed by atoms with Crippen LogP contribution in [0.4, 0.5) is 5.69 Å². The maximum Gasteiger partial charge on any atom is 0.232 e. The molecule has 0 radical (unpaired) electrons. The van der Waals surface area contributed by atoms with E-state index in [1.54, 1.807) is 0 Å². The van der Waals surface area contributed by atoms with Crippen LogP contribution in [0.2, 0.25) is 0 Å². The second-order valence-corrected chi connectivity index (χ2v) is 8.59. The van der Waals surface area contributed by atoms with Crippen LogP contribution in [0.3, 0.4) is 0 Å². The number of nitrogens with two attached hydrogens (primary N) is 1. The quantitative estimate of drug-likeness (QED) is 0.702. The number of amides is 2. The fourth-order valence-electron chi connectivity index (χ4n) is 5.37. The second kappa shape index (κ2) is 8.83. The van der Waals surface area contributed by atoms with Crippen LogP contribution >= 0.6 is 12.4 Å². The smallest absolute Gasteiger partial charge is 0.232 e. The van der Waals surface area contributed by atoms with Gasteiger partial charge in [-0.2, -0.15) is 0 Å². The zero-order chi connectivity index (χ0) is 19.0. The van der Waals surface area contributed by atoms with Gasteiger partial charge in [0.1, 0.15) is 0 Å². The van der Waals surface area contributed by atoms with Gasteiger partial charge in [-0.05, 0) is 67.6 Å². The first-order valence-corrected chi connectivity index (χ1v) is 10.5. The molecule has 1 aliphatic heterocycles. The zero-order valence-corrected chi connectivity index (χ0v) is 17.4. The summed E-state index contributed by atoms with van der Waals surface area (Å²) in [6.45, 7) is 2.66. The van der Waals surface area contributed by atoms with E-state index < -0.39 is 0 Å². The number of nitrogens with one attached hydrogen (secondary N) is 2. The third-order valence-electron chi connectivity index (χ3n) is 6.99. The predicted molar refractivity (Wildman–Crippen MR) is 114 cm³/mol. The Labute approximate surface area is 173 Å². The Morgan fingerprint density at radius 3 is 2.64 bits per heavy atom. The van der Waals surface area contributed by atoms with Crippen molar-refractivity contribution in [3.05, 3.63) is 29.3 Å². The van der Waals surface area contributed by atoms with E-state index in [1.807, 2.05) is 6.07 Å². The maximum atomic E-state index is 12.7. The van der Waals surface area contributed by atoms with Crippen molar-refractivity contribution in [2.45, 2.75) is 63.8 Å². The van der Waals surface area contributed by atoms with E-state index in [0.717, 1.165) is 30.5 Å². The molecule has 3 atom stereocenters. The van der Waals surface area contributed by atoms with Crippen LogP contribution in [0.15, 0.2) is 18.2 Å². The van der Waals surface area contributed by atoms with Gasteiger partial charge in [-0.3, -0.25) is 9.59 Å². The predicted octanol–water partition coefficient (Wildman–Crippen LogP) is 3.37. The number of fused-ring (bicyclic) bond motifs is 3. The van der Waals surface area contributed by atoms with Gasteiger partial charge < -0.3 is 16.4 Å². The molecule has 4 rings (SSSR count). The number of hydrogen-bond donors (Lipinski definition) is 3. The van der Waals surface area contributed by atoms with Crippen molar-refractivity contribution >= 4 is 29.9 Å². The largest absolute Gasteiger partial charge is 0.356 e. The summed E-state index contributed by atoms with van der Waals surface area (Å²) in [5.41, 5.74) is 9.57. The van der Waals surface area contributed by atoms with Crippen molar-refractivity contribution in [1.82, 2.24) is 5.32 Å². The minimum Gasteiger partial charge on any atom is -0.356 e. The Bertz CT molecular complexity index is 724. The molecule has 0 aromatic heterocycles. The molecule has 2 bridgehead atoms. The molecule has 2 fully saturated rings. The van der Waals surface area contributed by atoms with E-state index in [4.69, 9.17) is 5.73 Å². The van der Waals surface area contributed by atoms with Gasteiger partial charge in [-0.15, -0.1) is 12.4 Å². The van der Waals surface area contributed by atoms with Crippen molar-refractivity contribution in [3.63, 3.8) is 0 Å². The minimum absolute atomic E-state index is 0. The van der Waals surface area contributed by atoms with Crippen molar-refractivity contribution in [1.29, 1.82) is 0 Å². The van der Waals surface area contributed by atoms with Gasteiger partial charge in [0.2, 0.25) is 11.8 Å². The molecule has 3 aliphatic rings. The highest BCUT2D eigenvalue weighted by molar-refractivity contribution is 6.03. The molecule has 154 valence electrons. The highest BCUT2D eigenvalue weighted by Crippen LogP contribution is 2.42. The first kappa shape index (κ1) is 21.1. The highest BCUT2D eigenvalue weighted by Gasteiger charge is 2.40. The summed E-state index contributed by atoms with van der Waals surface area (Å²) in [7, 11) is 0. The maximum absolute atomic E-state index is 12.7. The molecular weight excluding hydrogens is 374 g/mol. The van der Waals surface area contributed by atoms with Crippen LogP contribution in [0, 0.1) is 17.8 Å². The van der Waals surface area contributed by atoms with Crippen LogP contribution in [0.25, 0.3) is 0 Å².